The minimum absolute atomic E-state index is 0.130. The summed E-state index contributed by atoms with van der Waals surface area (Å²) >= 11 is 0. The third-order valence-electron chi connectivity index (χ3n) is 2.61. The Labute approximate surface area is 111 Å². The summed E-state index contributed by atoms with van der Waals surface area (Å²) in [6.07, 6.45) is 0.625. The van der Waals surface area contributed by atoms with Crippen molar-refractivity contribution in [3.8, 4) is 17.5 Å². The molecule has 1 aromatic carbocycles. The molecule has 0 aliphatic heterocycles. The molecule has 2 rings (SSSR count). The lowest BCUT2D eigenvalue weighted by atomic mass is 10.1. The standard InChI is InChI=1S/C14H16N2O3/c1-18-13-7-6-12(15)14(16-13)19-11-4-2-10(3-5-11)8-9-17/h2-7,17H,8-9,15H2,1H3. The topological polar surface area (TPSA) is 77.6 Å². The minimum Gasteiger partial charge on any atom is -0.481 e. The smallest absolute Gasteiger partial charge is 0.246 e. The van der Waals surface area contributed by atoms with Gasteiger partial charge >= 0.3 is 0 Å². The van der Waals surface area contributed by atoms with E-state index in [1.54, 1.807) is 12.1 Å². The Morgan fingerprint density at radius 1 is 1.16 bits per heavy atom. The normalized spacial score (nSPS) is 10.2. The van der Waals surface area contributed by atoms with E-state index in [9.17, 15) is 0 Å². The summed E-state index contributed by atoms with van der Waals surface area (Å²) in [6, 6.07) is 10.8. The number of pyridine rings is 1. The third-order valence-corrected chi connectivity index (χ3v) is 2.61. The van der Waals surface area contributed by atoms with Crippen LogP contribution >= 0.6 is 0 Å². The second kappa shape index (κ2) is 6.06. The van der Waals surface area contributed by atoms with Crippen LogP contribution in [0.15, 0.2) is 36.4 Å². The maximum absolute atomic E-state index is 8.85. The van der Waals surface area contributed by atoms with Crippen molar-refractivity contribution in [2.24, 2.45) is 0 Å². The zero-order valence-electron chi connectivity index (χ0n) is 10.7. The fourth-order valence-corrected chi connectivity index (χ4v) is 1.59. The molecule has 5 heteroatoms. The van der Waals surface area contributed by atoms with Crippen molar-refractivity contribution in [1.29, 1.82) is 0 Å². The lowest BCUT2D eigenvalue weighted by molar-refractivity contribution is 0.299. The van der Waals surface area contributed by atoms with Crippen LogP contribution < -0.4 is 15.2 Å². The monoisotopic (exact) mass is 260 g/mol. The molecule has 0 saturated heterocycles. The number of hydrogen-bond donors (Lipinski definition) is 2. The Kier molecular flexibility index (Phi) is 4.20. The van der Waals surface area contributed by atoms with Crippen LogP contribution in [0.1, 0.15) is 5.56 Å². The molecule has 0 radical (unpaired) electrons. The molecule has 0 fully saturated rings. The molecule has 0 bridgehead atoms. The van der Waals surface area contributed by atoms with Gasteiger partial charge in [0.05, 0.1) is 12.8 Å². The molecule has 0 amide bonds. The van der Waals surface area contributed by atoms with E-state index in [0.717, 1.165) is 5.56 Å². The summed E-state index contributed by atoms with van der Waals surface area (Å²) in [7, 11) is 1.53. The van der Waals surface area contributed by atoms with Crippen molar-refractivity contribution in [1.82, 2.24) is 4.98 Å². The number of aliphatic hydroxyl groups is 1. The number of hydrogen-bond acceptors (Lipinski definition) is 5. The maximum Gasteiger partial charge on any atom is 0.246 e. The summed E-state index contributed by atoms with van der Waals surface area (Å²) in [5, 5.41) is 8.85. The number of benzene rings is 1. The van der Waals surface area contributed by atoms with Crippen molar-refractivity contribution >= 4 is 5.69 Å². The van der Waals surface area contributed by atoms with Gasteiger partial charge in [-0.05, 0) is 30.2 Å². The average molecular weight is 260 g/mol. The molecule has 0 aliphatic carbocycles. The van der Waals surface area contributed by atoms with Crippen molar-refractivity contribution < 1.29 is 14.6 Å². The van der Waals surface area contributed by atoms with E-state index in [0.29, 0.717) is 29.6 Å². The van der Waals surface area contributed by atoms with E-state index >= 15 is 0 Å². The summed E-state index contributed by atoms with van der Waals surface area (Å²) in [4.78, 5) is 4.14. The molecule has 1 heterocycles. The largest absolute Gasteiger partial charge is 0.481 e. The van der Waals surface area contributed by atoms with Crippen LogP contribution in [0.5, 0.6) is 17.5 Å². The highest BCUT2D eigenvalue weighted by atomic mass is 16.5. The van der Waals surface area contributed by atoms with Crippen LogP contribution in [0.3, 0.4) is 0 Å². The zero-order valence-corrected chi connectivity index (χ0v) is 10.7. The highest BCUT2D eigenvalue weighted by Crippen LogP contribution is 2.27. The lowest BCUT2D eigenvalue weighted by Crippen LogP contribution is -1.97. The molecule has 1 aromatic heterocycles. The molecule has 2 aromatic rings. The maximum atomic E-state index is 8.85. The first-order valence-corrected chi connectivity index (χ1v) is 5.91. The van der Waals surface area contributed by atoms with Gasteiger partial charge in [0.1, 0.15) is 5.75 Å². The molecule has 0 atom stereocenters. The van der Waals surface area contributed by atoms with E-state index in [1.165, 1.54) is 7.11 Å². The molecule has 3 N–H and O–H groups in total. The van der Waals surface area contributed by atoms with Crippen molar-refractivity contribution in [2.45, 2.75) is 6.42 Å². The van der Waals surface area contributed by atoms with E-state index < -0.39 is 0 Å². The zero-order chi connectivity index (χ0) is 13.7. The molecule has 0 spiro atoms. The first-order valence-electron chi connectivity index (χ1n) is 5.91. The number of nitrogens with two attached hydrogens (primary N) is 1. The molecule has 100 valence electrons. The van der Waals surface area contributed by atoms with Gasteiger partial charge in [-0.3, -0.25) is 0 Å². The Morgan fingerprint density at radius 3 is 2.53 bits per heavy atom. The number of methoxy groups -OCH3 is 1. The van der Waals surface area contributed by atoms with E-state index in [1.807, 2.05) is 24.3 Å². The Balaban J connectivity index is 2.16. The summed E-state index contributed by atoms with van der Waals surface area (Å²) in [5.41, 5.74) is 7.28. The minimum atomic E-state index is 0.130. The number of aromatic nitrogens is 1. The fraction of sp³-hybridized carbons (Fsp3) is 0.214. The van der Waals surface area contributed by atoms with Gasteiger partial charge in [-0.1, -0.05) is 12.1 Å². The number of nitrogens with zero attached hydrogens (tertiary/aromatic N) is 1. The van der Waals surface area contributed by atoms with E-state index in [2.05, 4.69) is 4.98 Å². The summed E-state index contributed by atoms with van der Waals surface area (Å²) in [6.45, 7) is 0.130. The fourth-order valence-electron chi connectivity index (χ4n) is 1.59. The van der Waals surface area contributed by atoms with Crippen LogP contribution in [0, 0.1) is 0 Å². The van der Waals surface area contributed by atoms with Crippen molar-refractivity contribution in [3.05, 3.63) is 42.0 Å². The predicted octanol–water partition coefficient (Wildman–Crippen LogP) is 2.00. The van der Waals surface area contributed by atoms with Crippen LogP contribution in [-0.4, -0.2) is 23.8 Å². The summed E-state index contributed by atoms with van der Waals surface area (Å²) < 4.78 is 10.6. The molecule has 0 aliphatic rings. The van der Waals surface area contributed by atoms with Crippen LogP contribution in [0.2, 0.25) is 0 Å². The number of aliphatic hydroxyl groups excluding tert-OH is 1. The quantitative estimate of drug-likeness (QED) is 0.859. The van der Waals surface area contributed by atoms with E-state index in [-0.39, 0.29) is 6.61 Å². The van der Waals surface area contributed by atoms with Gasteiger partial charge in [-0.25, -0.2) is 0 Å². The second-order valence-electron chi connectivity index (χ2n) is 3.97. The highest BCUT2D eigenvalue weighted by molar-refractivity contribution is 5.51. The Morgan fingerprint density at radius 2 is 1.89 bits per heavy atom. The van der Waals surface area contributed by atoms with E-state index in [4.69, 9.17) is 20.3 Å². The number of ether oxygens (including phenoxy) is 2. The Bertz CT molecular complexity index is 541. The molecule has 0 unspecified atom stereocenters. The van der Waals surface area contributed by atoms with Crippen LogP contribution in [0.4, 0.5) is 5.69 Å². The second-order valence-corrected chi connectivity index (χ2v) is 3.97. The van der Waals surface area contributed by atoms with Crippen molar-refractivity contribution in [3.63, 3.8) is 0 Å². The van der Waals surface area contributed by atoms with Gasteiger partial charge in [-0.15, -0.1) is 0 Å². The molecular formula is C14H16N2O3. The van der Waals surface area contributed by atoms with Crippen molar-refractivity contribution in [2.75, 3.05) is 19.5 Å². The lowest BCUT2D eigenvalue weighted by Gasteiger charge is -2.09. The first-order chi connectivity index (χ1) is 9.22. The van der Waals surface area contributed by atoms with Gasteiger partial charge in [-0.2, -0.15) is 4.98 Å². The molecule has 5 nitrogen and oxygen atoms in total. The van der Waals surface area contributed by atoms with Gasteiger partial charge < -0.3 is 20.3 Å². The SMILES string of the molecule is COc1ccc(N)c(Oc2ccc(CCO)cc2)n1. The number of nitrogen functional groups attached to an aromatic ring is 1. The number of anilines is 1. The Hall–Kier alpha value is -2.27. The molecular weight excluding hydrogens is 244 g/mol. The molecule has 19 heavy (non-hydrogen) atoms. The van der Waals surface area contributed by atoms with Crippen LogP contribution in [0.25, 0.3) is 0 Å². The van der Waals surface area contributed by atoms with Gasteiger partial charge in [0, 0.05) is 12.7 Å². The number of rotatable bonds is 5. The molecule has 0 saturated carbocycles. The van der Waals surface area contributed by atoms with Gasteiger partial charge in [0.15, 0.2) is 0 Å². The highest BCUT2D eigenvalue weighted by Gasteiger charge is 2.06. The van der Waals surface area contributed by atoms with Crippen LogP contribution in [-0.2, 0) is 6.42 Å². The average Bonchev–Trinajstić information content (AvgIpc) is 2.44. The predicted molar refractivity (Wildman–Crippen MR) is 72.5 cm³/mol. The summed E-state index contributed by atoms with van der Waals surface area (Å²) in [5.74, 6) is 1.39. The van der Waals surface area contributed by atoms with Gasteiger partial charge in [0.2, 0.25) is 11.8 Å². The first kappa shape index (κ1) is 13.2. The van der Waals surface area contributed by atoms with Gasteiger partial charge in [0.25, 0.3) is 0 Å². The third kappa shape index (κ3) is 3.35.